The molecule has 5 nitrogen and oxygen atoms in total. The van der Waals surface area contributed by atoms with Crippen LogP contribution in [-0.2, 0) is 16.1 Å². The van der Waals surface area contributed by atoms with Crippen LogP contribution >= 0.6 is 0 Å². The second-order valence-corrected chi connectivity index (χ2v) is 5.01. The van der Waals surface area contributed by atoms with E-state index in [2.05, 4.69) is 10.3 Å². The van der Waals surface area contributed by atoms with Crippen LogP contribution in [0.2, 0.25) is 0 Å². The lowest BCUT2D eigenvalue weighted by atomic mass is 9.85. The zero-order valence-corrected chi connectivity index (χ0v) is 10.6. The van der Waals surface area contributed by atoms with E-state index in [4.69, 9.17) is 5.11 Å². The highest BCUT2D eigenvalue weighted by atomic mass is 16.4. The summed E-state index contributed by atoms with van der Waals surface area (Å²) in [7, 11) is 0. The van der Waals surface area contributed by atoms with Crippen molar-refractivity contribution < 1.29 is 14.7 Å². The van der Waals surface area contributed by atoms with Crippen LogP contribution < -0.4 is 5.32 Å². The van der Waals surface area contributed by atoms with Gasteiger partial charge in [0.05, 0.1) is 18.7 Å². The first-order chi connectivity index (χ1) is 8.39. The molecule has 2 N–H and O–H groups in total. The second kappa shape index (κ2) is 6.14. The molecule has 1 heterocycles. The molecule has 1 rings (SSSR count). The number of nitrogens with zero attached hydrogens (tertiary/aromatic N) is 1. The Morgan fingerprint density at radius 2 is 2.06 bits per heavy atom. The molecule has 0 aliphatic rings. The standard InChI is InChI=1S/C13H18N2O3/c1-13(2,8-12(17)18)7-11(16)15-9-10-5-3-4-6-14-10/h3-6H,7-9H2,1-2H3,(H,15,16)(H,17,18). The van der Waals surface area contributed by atoms with Crippen LogP contribution in [0.4, 0.5) is 0 Å². The van der Waals surface area contributed by atoms with Gasteiger partial charge in [-0.15, -0.1) is 0 Å². The Morgan fingerprint density at radius 1 is 1.33 bits per heavy atom. The number of aromatic nitrogens is 1. The van der Waals surface area contributed by atoms with Crippen molar-refractivity contribution in [2.45, 2.75) is 33.2 Å². The van der Waals surface area contributed by atoms with Gasteiger partial charge < -0.3 is 10.4 Å². The molecule has 0 aromatic carbocycles. The molecule has 1 aromatic heterocycles. The Bertz CT molecular complexity index is 416. The van der Waals surface area contributed by atoms with E-state index in [0.29, 0.717) is 6.54 Å². The van der Waals surface area contributed by atoms with Crippen molar-refractivity contribution in [3.8, 4) is 0 Å². The monoisotopic (exact) mass is 250 g/mol. The van der Waals surface area contributed by atoms with E-state index in [1.807, 2.05) is 12.1 Å². The smallest absolute Gasteiger partial charge is 0.303 e. The summed E-state index contributed by atoms with van der Waals surface area (Å²) in [6.45, 7) is 3.89. The third-order valence-corrected chi connectivity index (χ3v) is 2.46. The van der Waals surface area contributed by atoms with Crippen molar-refractivity contribution in [2.75, 3.05) is 0 Å². The van der Waals surface area contributed by atoms with Crippen molar-refractivity contribution in [3.63, 3.8) is 0 Å². The summed E-state index contributed by atoms with van der Waals surface area (Å²) >= 11 is 0. The van der Waals surface area contributed by atoms with E-state index in [-0.39, 0.29) is 18.7 Å². The molecular weight excluding hydrogens is 232 g/mol. The summed E-state index contributed by atoms with van der Waals surface area (Å²) in [4.78, 5) is 26.4. The molecule has 98 valence electrons. The Hall–Kier alpha value is -1.91. The van der Waals surface area contributed by atoms with Crippen LogP contribution in [0.15, 0.2) is 24.4 Å². The first-order valence-corrected chi connectivity index (χ1v) is 5.77. The van der Waals surface area contributed by atoms with Crippen LogP contribution in [0, 0.1) is 5.41 Å². The van der Waals surface area contributed by atoms with E-state index < -0.39 is 11.4 Å². The molecule has 0 saturated heterocycles. The van der Waals surface area contributed by atoms with Gasteiger partial charge in [0, 0.05) is 12.6 Å². The van der Waals surface area contributed by atoms with Gasteiger partial charge in [-0.1, -0.05) is 19.9 Å². The summed E-state index contributed by atoms with van der Waals surface area (Å²) < 4.78 is 0. The Balaban J connectivity index is 2.40. The number of pyridine rings is 1. The summed E-state index contributed by atoms with van der Waals surface area (Å²) in [5.41, 5.74) is 0.238. The number of amides is 1. The van der Waals surface area contributed by atoms with Crippen LogP contribution in [0.5, 0.6) is 0 Å². The lowest BCUT2D eigenvalue weighted by Crippen LogP contribution is -2.30. The van der Waals surface area contributed by atoms with Gasteiger partial charge in [0.25, 0.3) is 0 Å². The highest BCUT2D eigenvalue weighted by molar-refractivity contribution is 5.77. The number of hydrogen-bond donors (Lipinski definition) is 2. The summed E-state index contributed by atoms with van der Waals surface area (Å²) in [6.07, 6.45) is 1.83. The number of aliphatic carboxylic acids is 1. The fourth-order valence-electron chi connectivity index (χ4n) is 1.66. The predicted molar refractivity (Wildman–Crippen MR) is 66.7 cm³/mol. The van der Waals surface area contributed by atoms with Gasteiger partial charge in [0.1, 0.15) is 0 Å². The molecule has 5 heteroatoms. The number of carbonyl (C=O) groups is 2. The van der Waals surface area contributed by atoms with E-state index in [9.17, 15) is 9.59 Å². The minimum absolute atomic E-state index is 0.0238. The number of carboxylic acid groups (broad SMARTS) is 1. The molecular formula is C13H18N2O3. The number of carbonyl (C=O) groups excluding carboxylic acids is 1. The molecule has 0 fully saturated rings. The average molecular weight is 250 g/mol. The zero-order valence-electron chi connectivity index (χ0n) is 10.6. The number of nitrogens with one attached hydrogen (secondary N) is 1. The van der Waals surface area contributed by atoms with Crippen molar-refractivity contribution in [1.29, 1.82) is 0 Å². The van der Waals surface area contributed by atoms with Gasteiger partial charge in [-0.25, -0.2) is 0 Å². The van der Waals surface area contributed by atoms with E-state index in [0.717, 1.165) is 5.69 Å². The molecule has 1 amide bonds. The van der Waals surface area contributed by atoms with Crippen molar-refractivity contribution in [1.82, 2.24) is 10.3 Å². The third kappa shape index (κ3) is 5.43. The normalized spacial score (nSPS) is 11.0. The Labute approximate surface area is 106 Å². The van der Waals surface area contributed by atoms with Gasteiger partial charge in [-0.2, -0.15) is 0 Å². The molecule has 18 heavy (non-hydrogen) atoms. The van der Waals surface area contributed by atoms with Gasteiger partial charge in [-0.05, 0) is 17.5 Å². The Kier molecular flexibility index (Phi) is 4.83. The summed E-state index contributed by atoms with van der Waals surface area (Å²) in [5.74, 6) is -1.05. The first kappa shape index (κ1) is 14.2. The van der Waals surface area contributed by atoms with Crippen LogP contribution in [0.1, 0.15) is 32.4 Å². The number of carboxylic acids is 1. The number of rotatable bonds is 6. The van der Waals surface area contributed by atoms with E-state index >= 15 is 0 Å². The van der Waals surface area contributed by atoms with Crippen molar-refractivity contribution >= 4 is 11.9 Å². The SMILES string of the molecule is CC(C)(CC(=O)O)CC(=O)NCc1ccccn1. The van der Waals surface area contributed by atoms with Gasteiger partial charge in [-0.3, -0.25) is 14.6 Å². The zero-order chi connectivity index (χ0) is 13.6. The van der Waals surface area contributed by atoms with Gasteiger partial charge in [0.2, 0.25) is 5.91 Å². The van der Waals surface area contributed by atoms with Crippen LogP contribution in [-0.4, -0.2) is 22.0 Å². The fourth-order valence-corrected chi connectivity index (χ4v) is 1.66. The molecule has 0 spiro atoms. The maximum absolute atomic E-state index is 11.7. The van der Waals surface area contributed by atoms with Crippen LogP contribution in [0.25, 0.3) is 0 Å². The molecule has 0 bridgehead atoms. The summed E-state index contributed by atoms with van der Waals surface area (Å²) in [6, 6.07) is 5.48. The molecule has 0 saturated carbocycles. The minimum Gasteiger partial charge on any atom is -0.481 e. The van der Waals surface area contributed by atoms with Gasteiger partial charge >= 0.3 is 5.97 Å². The van der Waals surface area contributed by atoms with E-state index in [1.165, 1.54) is 0 Å². The quantitative estimate of drug-likeness (QED) is 0.803. The topological polar surface area (TPSA) is 79.3 Å². The molecule has 0 aliphatic heterocycles. The lowest BCUT2D eigenvalue weighted by molar-refractivity contribution is -0.139. The second-order valence-electron chi connectivity index (χ2n) is 5.01. The molecule has 0 unspecified atom stereocenters. The maximum Gasteiger partial charge on any atom is 0.303 e. The molecule has 0 aliphatic carbocycles. The molecule has 0 atom stereocenters. The largest absolute Gasteiger partial charge is 0.481 e. The van der Waals surface area contributed by atoms with Crippen molar-refractivity contribution in [2.24, 2.45) is 5.41 Å². The fraction of sp³-hybridized carbons (Fsp3) is 0.462. The first-order valence-electron chi connectivity index (χ1n) is 5.77. The van der Waals surface area contributed by atoms with Crippen LogP contribution in [0.3, 0.4) is 0 Å². The maximum atomic E-state index is 11.7. The average Bonchev–Trinajstić information content (AvgIpc) is 2.25. The number of hydrogen-bond acceptors (Lipinski definition) is 3. The lowest BCUT2D eigenvalue weighted by Gasteiger charge is -2.21. The highest BCUT2D eigenvalue weighted by Gasteiger charge is 2.24. The molecule has 1 aromatic rings. The highest BCUT2D eigenvalue weighted by Crippen LogP contribution is 2.24. The predicted octanol–water partition coefficient (Wildman–Crippen LogP) is 1.59. The molecule has 0 radical (unpaired) electrons. The Morgan fingerprint density at radius 3 is 2.61 bits per heavy atom. The third-order valence-electron chi connectivity index (χ3n) is 2.46. The van der Waals surface area contributed by atoms with E-state index in [1.54, 1.807) is 26.1 Å². The van der Waals surface area contributed by atoms with Crippen molar-refractivity contribution in [3.05, 3.63) is 30.1 Å². The summed E-state index contributed by atoms with van der Waals surface area (Å²) in [5, 5.41) is 11.5. The minimum atomic E-state index is -0.891. The van der Waals surface area contributed by atoms with Gasteiger partial charge in [0.15, 0.2) is 0 Å².